The second-order valence-corrected chi connectivity index (χ2v) is 2.01. The fourth-order valence-electron chi connectivity index (χ4n) is 0.695. The summed E-state index contributed by atoms with van der Waals surface area (Å²) in [6.45, 7) is 0. The van der Waals surface area contributed by atoms with E-state index in [0.29, 0.717) is 0 Å². The number of rotatable bonds is 1. The van der Waals surface area contributed by atoms with E-state index in [1.54, 1.807) is 0 Å². The molecular formula is C7H7NaO4. The maximum Gasteiger partial charge on any atom is 1.00 e. The largest absolute Gasteiger partial charge is 1.00 e. The Balaban J connectivity index is 0. The molecule has 1 aromatic carbocycles. The van der Waals surface area contributed by atoms with Crippen molar-refractivity contribution in [3.05, 3.63) is 23.8 Å². The molecule has 1 rings (SSSR count). The van der Waals surface area contributed by atoms with Gasteiger partial charge in [-0.3, -0.25) is 0 Å². The SMILES string of the molecule is O=C(O)c1cc(O)ccc1O.[H-].[Na+]. The van der Waals surface area contributed by atoms with E-state index in [0.717, 1.165) is 12.1 Å². The predicted molar refractivity (Wildman–Crippen MR) is 37.8 cm³/mol. The molecule has 0 heterocycles. The summed E-state index contributed by atoms with van der Waals surface area (Å²) in [5.41, 5.74) is -0.301. The minimum absolute atomic E-state index is 0. The Morgan fingerprint density at radius 3 is 2.33 bits per heavy atom. The van der Waals surface area contributed by atoms with Crippen LogP contribution in [0.3, 0.4) is 0 Å². The smallest absolute Gasteiger partial charge is 1.00 e. The van der Waals surface area contributed by atoms with Gasteiger partial charge in [-0.25, -0.2) is 4.79 Å². The van der Waals surface area contributed by atoms with Crippen molar-refractivity contribution in [3.63, 3.8) is 0 Å². The van der Waals surface area contributed by atoms with Crippen LogP contribution in [-0.2, 0) is 0 Å². The molecule has 0 radical (unpaired) electrons. The Kier molecular flexibility index (Phi) is 4.09. The number of aromatic carboxylic acids is 1. The molecule has 0 bridgehead atoms. The van der Waals surface area contributed by atoms with E-state index in [4.69, 9.17) is 15.3 Å². The predicted octanol–water partition coefficient (Wildman–Crippen LogP) is -2.09. The third kappa shape index (κ3) is 2.41. The van der Waals surface area contributed by atoms with Gasteiger partial charge in [0.1, 0.15) is 17.1 Å². The summed E-state index contributed by atoms with van der Waals surface area (Å²) in [5.74, 6) is -1.80. The number of phenols is 2. The summed E-state index contributed by atoms with van der Waals surface area (Å²) in [5, 5.41) is 26.1. The molecule has 4 nitrogen and oxygen atoms in total. The van der Waals surface area contributed by atoms with Crippen molar-refractivity contribution in [1.29, 1.82) is 0 Å². The first-order valence-electron chi connectivity index (χ1n) is 2.86. The van der Waals surface area contributed by atoms with Crippen molar-refractivity contribution in [2.45, 2.75) is 0 Å². The van der Waals surface area contributed by atoms with Gasteiger partial charge < -0.3 is 16.7 Å². The third-order valence-electron chi connectivity index (χ3n) is 1.21. The summed E-state index contributed by atoms with van der Waals surface area (Å²) >= 11 is 0. The van der Waals surface area contributed by atoms with Crippen LogP contribution in [-0.4, -0.2) is 21.3 Å². The van der Waals surface area contributed by atoms with Gasteiger partial charge in [-0.05, 0) is 18.2 Å². The van der Waals surface area contributed by atoms with Crippen LogP contribution in [0.4, 0.5) is 0 Å². The topological polar surface area (TPSA) is 77.8 Å². The molecule has 0 aromatic heterocycles. The van der Waals surface area contributed by atoms with Gasteiger partial charge in [0.15, 0.2) is 0 Å². The molecule has 0 amide bonds. The fourth-order valence-corrected chi connectivity index (χ4v) is 0.695. The second kappa shape index (κ2) is 4.35. The molecular weight excluding hydrogens is 171 g/mol. The van der Waals surface area contributed by atoms with E-state index < -0.39 is 5.97 Å². The van der Waals surface area contributed by atoms with Gasteiger partial charge in [-0.1, -0.05) is 0 Å². The Morgan fingerprint density at radius 2 is 1.92 bits per heavy atom. The number of carboxylic acid groups (broad SMARTS) is 1. The number of carbonyl (C=O) groups is 1. The van der Waals surface area contributed by atoms with E-state index in [-0.39, 0.29) is 48.0 Å². The molecule has 60 valence electrons. The van der Waals surface area contributed by atoms with Gasteiger partial charge in [0.25, 0.3) is 0 Å². The summed E-state index contributed by atoms with van der Waals surface area (Å²) < 4.78 is 0. The van der Waals surface area contributed by atoms with Crippen LogP contribution in [0, 0.1) is 0 Å². The molecule has 0 aliphatic carbocycles. The van der Waals surface area contributed by atoms with Gasteiger partial charge in [0, 0.05) is 0 Å². The van der Waals surface area contributed by atoms with Gasteiger partial charge in [0.2, 0.25) is 0 Å². The van der Waals surface area contributed by atoms with Crippen molar-refractivity contribution < 1.29 is 51.1 Å². The van der Waals surface area contributed by atoms with Crippen LogP contribution in [0.5, 0.6) is 11.5 Å². The Hall–Kier alpha value is -0.710. The number of phenolic OH excluding ortho intramolecular Hbond substituents is 1. The summed E-state index contributed by atoms with van der Waals surface area (Å²) in [6.07, 6.45) is 0. The van der Waals surface area contributed by atoms with Crippen LogP contribution >= 0.6 is 0 Å². The molecule has 0 spiro atoms. The third-order valence-corrected chi connectivity index (χ3v) is 1.21. The molecule has 5 heteroatoms. The Morgan fingerprint density at radius 1 is 1.33 bits per heavy atom. The number of hydrogen-bond donors (Lipinski definition) is 3. The molecule has 0 saturated heterocycles. The molecule has 3 N–H and O–H groups in total. The standard InChI is InChI=1S/C7H6O4.Na.H/c8-4-1-2-6(9)5(3-4)7(10)11;;/h1-3,8-9H,(H,10,11);;/q;+1;-1. The van der Waals surface area contributed by atoms with E-state index in [1.165, 1.54) is 6.07 Å². The molecule has 0 aliphatic heterocycles. The van der Waals surface area contributed by atoms with Crippen molar-refractivity contribution in [3.8, 4) is 11.5 Å². The monoisotopic (exact) mass is 178 g/mol. The van der Waals surface area contributed by atoms with Crippen LogP contribution < -0.4 is 29.6 Å². The molecule has 12 heavy (non-hydrogen) atoms. The first-order chi connectivity index (χ1) is 5.11. The maximum atomic E-state index is 10.3. The van der Waals surface area contributed by atoms with Crippen LogP contribution in [0.2, 0.25) is 0 Å². The average molecular weight is 178 g/mol. The van der Waals surface area contributed by atoms with E-state index in [9.17, 15) is 4.79 Å². The summed E-state index contributed by atoms with van der Waals surface area (Å²) in [4.78, 5) is 10.3. The Labute approximate surface area is 92.2 Å². The van der Waals surface area contributed by atoms with E-state index >= 15 is 0 Å². The molecule has 0 aliphatic rings. The van der Waals surface area contributed by atoms with Crippen LogP contribution in [0.1, 0.15) is 11.8 Å². The second-order valence-electron chi connectivity index (χ2n) is 2.01. The van der Waals surface area contributed by atoms with Crippen molar-refractivity contribution in [2.75, 3.05) is 0 Å². The summed E-state index contributed by atoms with van der Waals surface area (Å²) in [7, 11) is 0. The molecule has 0 saturated carbocycles. The number of benzene rings is 1. The van der Waals surface area contributed by atoms with Gasteiger partial charge in [0.05, 0.1) is 0 Å². The number of aromatic hydroxyl groups is 2. The molecule has 0 unspecified atom stereocenters. The first kappa shape index (κ1) is 11.3. The van der Waals surface area contributed by atoms with Gasteiger partial charge in [-0.2, -0.15) is 0 Å². The van der Waals surface area contributed by atoms with E-state index in [1.807, 2.05) is 0 Å². The maximum absolute atomic E-state index is 10.3. The van der Waals surface area contributed by atoms with Crippen LogP contribution in [0.25, 0.3) is 0 Å². The normalized spacial score (nSPS) is 8.67. The fraction of sp³-hybridized carbons (Fsp3) is 0. The zero-order valence-corrected chi connectivity index (χ0v) is 8.48. The molecule has 0 fully saturated rings. The molecule has 0 atom stereocenters. The van der Waals surface area contributed by atoms with Gasteiger partial charge >= 0.3 is 35.5 Å². The Bertz CT molecular complexity index is 303. The number of hydrogen-bond acceptors (Lipinski definition) is 3. The number of carboxylic acids is 1. The minimum atomic E-state index is -1.27. The zero-order valence-electron chi connectivity index (χ0n) is 7.48. The molecule has 1 aromatic rings. The quantitative estimate of drug-likeness (QED) is 0.340. The van der Waals surface area contributed by atoms with Crippen molar-refractivity contribution in [2.24, 2.45) is 0 Å². The van der Waals surface area contributed by atoms with Crippen molar-refractivity contribution >= 4 is 5.97 Å². The first-order valence-corrected chi connectivity index (χ1v) is 2.86. The van der Waals surface area contributed by atoms with Crippen molar-refractivity contribution in [1.82, 2.24) is 0 Å². The van der Waals surface area contributed by atoms with Crippen LogP contribution in [0.15, 0.2) is 18.2 Å². The van der Waals surface area contributed by atoms with E-state index in [2.05, 4.69) is 0 Å². The zero-order chi connectivity index (χ0) is 8.43. The average Bonchev–Trinajstić information content (AvgIpc) is 1.94. The minimum Gasteiger partial charge on any atom is -1.00 e. The van der Waals surface area contributed by atoms with Gasteiger partial charge in [-0.15, -0.1) is 0 Å². The summed E-state index contributed by atoms with van der Waals surface area (Å²) in [6, 6.07) is 3.32.